The molecule has 27 heavy (non-hydrogen) atoms. The van der Waals surface area contributed by atoms with Gasteiger partial charge in [-0.25, -0.2) is 8.42 Å². The molecule has 5 heteroatoms. The lowest BCUT2D eigenvalue weighted by molar-refractivity contribution is 0.336. The van der Waals surface area contributed by atoms with Crippen LogP contribution in [-0.4, -0.2) is 24.3 Å². The number of fused-ring (bicyclic) bond motifs is 3. The maximum atomic E-state index is 13.4. The summed E-state index contributed by atoms with van der Waals surface area (Å²) in [6.45, 7) is 6.40. The summed E-state index contributed by atoms with van der Waals surface area (Å²) in [4.78, 5) is 3.85. The summed E-state index contributed by atoms with van der Waals surface area (Å²) in [7, 11) is -3.59. The summed E-state index contributed by atoms with van der Waals surface area (Å²) in [5, 5.41) is 1.19. The summed E-state index contributed by atoms with van der Waals surface area (Å²) in [6, 6.07) is 15.0. The number of rotatable bonds is 3. The van der Waals surface area contributed by atoms with Crippen LogP contribution in [0.15, 0.2) is 65.1 Å². The average Bonchev–Trinajstić information content (AvgIpc) is 3.05. The highest BCUT2D eigenvalue weighted by Gasteiger charge is 2.38. The Hall–Kier alpha value is -2.37. The molecule has 2 aromatic carbocycles. The van der Waals surface area contributed by atoms with Gasteiger partial charge in [0.15, 0.2) is 0 Å². The molecule has 4 nitrogen and oxygen atoms in total. The van der Waals surface area contributed by atoms with Gasteiger partial charge in [0.05, 0.1) is 10.9 Å². The number of nitrogens with one attached hydrogen (secondary N) is 1. The van der Waals surface area contributed by atoms with Gasteiger partial charge in [0, 0.05) is 23.1 Å². The summed E-state index contributed by atoms with van der Waals surface area (Å²) in [5.41, 5.74) is 5.36. The van der Waals surface area contributed by atoms with Gasteiger partial charge >= 0.3 is 0 Å². The molecule has 0 spiro atoms. The zero-order valence-corrected chi connectivity index (χ0v) is 16.7. The van der Waals surface area contributed by atoms with Crippen molar-refractivity contribution in [3.63, 3.8) is 0 Å². The van der Waals surface area contributed by atoms with E-state index in [2.05, 4.69) is 17.1 Å². The first kappa shape index (κ1) is 18.0. The van der Waals surface area contributed by atoms with Crippen LogP contribution in [0.25, 0.3) is 10.9 Å². The van der Waals surface area contributed by atoms with E-state index < -0.39 is 10.0 Å². The average molecular weight is 381 g/mol. The Kier molecular flexibility index (Phi) is 4.44. The van der Waals surface area contributed by atoms with E-state index in [0.717, 1.165) is 22.3 Å². The standard InChI is InChI=1S/C22H24N2O2S/c1-4-16(3)22-21-19(18-7-5-6-8-20(18)23-21)13-14-24(22)27(25,26)17-11-9-15(2)10-12-17/h4-12,22-23H,13-14H2,1-3H3/b16-4-/t22-/m1/s1. The van der Waals surface area contributed by atoms with Crippen LogP contribution in [0, 0.1) is 6.92 Å². The molecule has 1 N–H and O–H groups in total. The van der Waals surface area contributed by atoms with E-state index in [1.165, 1.54) is 10.9 Å². The highest BCUT2D eigenvalue weighted by molar-refractivity contribution is 7.89. The van der Waals surface area contributed by atoms with Crippen LogP contribution in [0.4, 0.5) is 0 Å². The monoisotopic (exact) mass is 380 g/mol. The van der Waals surface area contributed by atoms with Gasteiger partial charge < -0.3 is 4.98 Å². The third-order valence-corrected chi connectivity index (χ3v) is 7.38. The van der Waals surface area contributed by atoms with Crippen molar-refractivity contribution in [1.82, 2.24) is 9.29 Å². The number of nitrogens with zero attached hydrogens (tertiary/aromatic N) is 1. The Morgan fingerprint density at radius 1 is 1.15 bits per heavy atom. The lowest BCUT2D eigenvalue weighted by Gasteiger charge is -2.35. The highest BCUT2D eigenvalue weighted by Crippen LogP contribution is 2.40. The molecule has 0 aliphatic carbocycles. The molecular formula is C22H24N2O2S. The van der Waals surface area contributed by atoms with Crippen LogP contribution in [-0.2, 0) is 16.4 Å². The number of aryl methyl sites for hydroxylation is 1. The molecule has 1 atom stereocenters. The van der Waals surface area contributed by atoms with E-state index in [4.69, 9.17) is 0 Å². The van der Waals surface area contributed by atoms with Crippen molar-refractivity contribution < 1.29 is 8.42 Å². The molecule has 1 aliphatic heterocycles. The zero-order valence-electron chi connectivity index (χ0n) is 15.9. The first-order valence-corrected chi connectivity index (χ1v) is 10.7. The number of sulfonamides is 1. The Morgan fingerprint density at radius 2 is 1.85 bits per heavy atom. The topological polar surface area (TPSA) is 53.2 Å². The molecule has 0 saturated carbocycles. The minimum atomic E-state index is -3.59. The number of H-pyrrole nitrogens is 1. The fourth-order valence-corrected chi connectivity index (χ4v) is 5.57. The second-order valence-electron chi connectivity index (χ2n) is 7.18. The fraction of sp³-hybridized carbons (Fsp3) is 0.273. The van der Waals surface area contributed by atoms with E-state index in [1.807, 2.05) is 51.1 Å². The van der Waals surface area contributed by atoms with Crippen LogP contribution in [0.5, 0.6) is 0 Å². The number of hydrogen-bond donors (Lipinski definition) is 1. The Balaban J connectivity index is 1.87. The Labute approximate surface area is 160 Å². The van der Waals surface area contributed by atoms with E-state index in [0.29, 0.717) is 17.9 Å². The van der Waals surface area contributed by atoms with Crippen molar-refractivity contribution in [3.05, 3.63) is 77.0 Å². The molecule has 140 valence electrons. The summed E-state index contributed by atoms with van der Waals surface area (Å²) < 4.78 is 28.5. The molecule has 0 radical (unpaired) electrons. The van der Waals surface area contributed by atoms with Crippen LogP contribution < -0.4 is 0 Å². The van der Waals surface area contributed by atoms with Gasteiger partial charge in [-0.2, -0.15) is 4.31 Å². The molecular weight excluding hydrogens is 356 g/mol. The number of para-hydroxylation sites is 1. The van der Waals surface area contributed by atoms with Gasteiger partial charge in [0.2, 0.25) is 10.0 Å². The Bertz CT molecular complexity index is 1120. The normalized spacial score (nSPS) is 18.6. The van der Waals surface area contributed by atoms with Crippen molar-refractivity contribution in [2.45, 2.75) is 38.1 Å². The summed E-state index contributed by atoms with van der Waals surface area (Å²) in [5.74, 6) is 0. The Morgan fingerprint density at radius 3 is 2.56 bits per heavy atom. The van der Waals surface area contributed by atoms with Crippen molar-refractivity contribution in [1.29, 1.82) is 0 Å². The van der Waals surface area contributed by atoms with Gasteiger partial charge in [-0.3, -0.25) is 0 Å². The molecule has 0 amide bonds. The summed E-state index contributed by atoms with van der Waals surface area (Å²) in [6.07, 6.45) is 2.71. The predicted molar refractivity (Wildman–Crippen MR) is 109 cm³/mol. The quantitative estimate of drug-likeness (QED) is 0.668. The van der Waals surface area contributed by atoms with E-state index >= 15 is 0 Å². The van der Waals surface area contributed by atoms with E-state index in [9.17, 15) is 8.42 Å². The molecule has 1 aliphatic rings. The molecule has 2 heterocycles. The van der Waals surface area contributed by atoms with Gasteiger partial charge in [0.1, 0.15) is 0 Å². The minimum Gasteiger partial charge on any atom is -0.357 e. The minimum absolute atomic E-state index is 0.308. The van der Waals surface area contributed by atoms with Crippen molar-refractivity contribution in [2.75, 3.05) is 6.54 Å². The first-order valence-electron chi connectivity index (χ1n) is 9.24. The molecule has 1 aromatic heterocycles. The van der Waals surface area contributed by atoms with E-state index in [1.54, 1.807) is 16.4 Å². The second kappa shape index (κ2) is 6.66. The van der Waals surface area contributed by atoms with Gasteiger partial charge in [-0.05, 0) is 51.0 Å². The second-order valence-corrected chi connectivity index (χ2v) is 9.07. The fourth-order valence-electron chi connectivity index (χ4n) is 3.94. The number of allylic oxidation sites excluding steroid dienone is 1. The van der Waals surface area contributed by atoms with Crippen LogP contribution in [0.3, 0.4) is 0 Å². The van der Waals surface area contributed by atoms with Crippen LogP contribution >= 0.6 is 0 Å². The molecule has 0 saturated heterocycles. The molecule has 0 unspecified atom stereocenters. The maximum absolute atomic E-state index is 13.4. The van der Waals surface area contributed by atoms with Gasteiger partial charge in [-0.15, -0.1) is 0 Å². The first-order chi connectivity index (χ1) is 12.9. The molecule has 0 bridgehead atoms. The number of hydrogen-bond acceptors (Lipinski definition) is 2. The third-order valence-electron chi connectivity index (χ3n) is 5.50. The van der Waals surface area contributed by atoms with Crippen molar-refractivity contribution in [3.8, 4) is 0 Å². The summed E-state index contributed by atoms with van der Waals surface area (Å²) >= 11 is 0. The van der Waals surface area contributed by atoms with Crippen LogP contribution in [0.1, 0.15) is 36.7 Å². The lowest BCUT2D eigenvalue weighted by atomic mass is 9.95. The maximum Gasteiger partial charge on any atom is 0.243 e. The van der Waals surface area contributed by atoms with Crippen molar-refractivity contribution in [2.24, 2.45) is 0 Å². The number of aromatic amines is 1. The molecule has 3 aromatic rings. The largest absolute Gasteiger partial charge is 0.357 e. The lowest BCUT2D eigenvalue weighted by Crippen LogP contribution is -2.40. The predicted octanol–water partition coefficient (Wildman–Crippen LogP) is 4.73. The van der Waals surface area contributed by atoms with E-state index in [-0.39, 0.29) is 6.04 Å². The van der Waals surface area contributed by atoms with Gasteiger partial charge in [0.25, 0.3) is 0 Å². The smallest absolute Gasteiger partial charge is 0.243 e. The third kappa shape index (κ3) is 2.91. The van der Waals surface area contributed by atoms with Gasteiger partial charge in [-0.1, -0.05) is 47.5 Å². The number of benzene rings is 2. The molecule has 0 fully saturated rings. The zero-order chi connectivity index (χ0) is 19.2. The van der Waals surface area contributed by atoms with Crippen molar-refractivity contribution >= 4 is 20.9 Å². The SMILES string of the molecule is C/C=C(/C)[C@@H]1c2[nH]c3ccccc3c2CCN1S(=O)(=O)c1ccc(C)cc1. The molecule has 4 rings (SSSR count). The number of aromatic nitrogens is 1. The van der Waals surface area contributed by atoms with Crippen LogP contribution in [0.2, 0.25) is 0 Å². The highest BCUT2D eigenvalue weighted by atomic mass is 32.2.